The molecule has 1 atom stereocenters. The Labute approximate surface area is 148 Å². The highest BCUT2D eigenvalue weighted by molar-refractivity contribution is 14.0. The van der Waals surface area contributed by atoms with Crippen molar-refractivity contribution in [2.45, 2.75) is 59.4 Å². The lowest BCUT2D eigenvalue weighted by Crippen LogP contribution is -2.43. The first-order valence-electron chi connectivity index (χ1n) is 8.46. The van der Waals surface area contributed by atoms with Crippen LogP contribution in [0.25, 0.3) is 0 Å². The molecule has 1 aliphatic rings. The Kier molecular flexibility index (Phi) is 11.5. The standard InChI is InChI=1S/C16H34N4.HI/c1-5-14(6-2)15(20-11-9-10-12-20)13-18-16(17)19(7-3)8-4;/h14-15H,5-13H2,1-4H3,(H2,17,18);1H. The largest absolute Gasteiger partial charge is 0.370 e. The molecule has 0 amide bonds. The number of guanidine groups is 1. The van der Waals surface area contributed by atoms with E-state index in [4.69, 9.17) is 10.7 Å². The highest BCUT2D eigenvalue weighted by Crippen LogP contribution is 2.23. The molecule has 0 aromatic rings. The van der Waals surface area contributed by atoms with E-state index in [1.165, 1.54) is 38.8 Å². The van der Waals surface area contributed by atoms with Crippen molar-refractivity contribution in [3.8, 4) is 0 Å². The maximum atomic E-state index is 6.13. The summed E-state index contributed by atoms with van der Waals surface area (Å²) in [6.45, 7) is 14.1. The van der Waals surface area contributed by atoms with E-state index in [0.717, 1.165) is 25.6 Å². The van der Waals surface area contributed by atoms with E-state index in [1.54, 1.807) is 0 Å². The van der Waals surface area contributed by atoms with Crippen molar-refractivity contribution in [2.75, 3.05) is 32.7 Å². The fourth-order valence-electron chi connectivity index (χ4n) is 3.30. The number of nitrogens with two attached hydrogens (primary N) is 1. The second-order valence-corrected chi connectivity index (χ2v) is 5.76. The first-order chi connectivity index (χ1) is 9.67. The molecule has 1 rings (SSSR count). The summed E-state index contributed by atoms with van der Waals surface area (Å²) in [6.07, 6.45) is 5.15. The third-order valence-electron chi connectivity index (χ3n) is 4.73. The number of likely N-dealkylation sites (tertiary alicyclic amines) is 1. The van der Waals surface area contributed by atoms with Crippen LogP contribution in [0.2, 0.25) is 0 Å². The molecular formula is C16H35IN4. The van der Waals surface area contributed by atoms with Gasteiger partial charge in [0, 0.05) is 19.1 Å². The zero-order chi connectivity index (χ0) is 15.0. The molecule has 1 fully saturated rings. The predicted octanol–water partition coefficient (Wildman–Crippen LogP) is 3.16. The normalized spacial score (nSPS) is 17.9. The van der Waals surface area contributed by atoms with Crippen LogP contribution in [0.1, 0.15) is 53.4 Å². The van der Waals surface area contributed by atoms with Gasteiger partial charge in [-0.05, 0) is 45.7 Å². The van der Waals surface area contributed by atoms with Gasteiger partial charge in [-0.1, -0.05) is 26.7 Å². The molecule has 5 heteroatoms. The molecular weight excluding hydrogens is 375 g/mol. The van der Waals surface area contributed by atoms with Gasteiger partial charge in [-0.3, -0.25) is 9.89 Å². The van der Waals surface area contributed by atoms with Gasteiger partial charge < -0.3 is 10.6 Å². The van der Waals surface area contributed by atoms with Crippen molar-refractivity contribution >= 4 is 29.9 Å². The minimum absolute atomic E-state index is 0. The smallest absolute Gasteiger partial charge is 0.191 e. The van der Waals surface area contributed by atoms with Gasteiger partial charge in [-0.2, -0.15) is 0 Å². The Morgan fingerprint density at radius 3 is 2.05 bits per heavy atom. The molecule has 1 aliphatic heterocycles. The van der Waals surface area contributed by atoms with Gasteiger partial charge in [0.1, 0.15) is 0 Å². The van der Waals surface area contributed by atoms with Crippen molar-refractivity contribution in [3.05, 3.63) is 0 Å². The van der Waals surface area contributed by atoms with Crippen molar-refractivity contribution < 1.29 is 0 Å². The lowest BCUT2D eigenvalue weighted by molar-refractivity contribution is 0.171. The van der Waals surface area contributed by atoms with Crippen LogP contribution in [-0.2, 0) is 0 Å². The quantitative estimate of drug-likeness (QED) is 0.380. The van der Waals surface area contributed by atoms with Crippen molar-refractivity contribution in [1.82, 2.24) is 9.80 Å². The number of nitrogens with zero attached hydrogens (tertiary/aromatic N) is 3. The van der Waals surface area contributed by atoms with Crippen LogP contribution < -0.4 is 5.73 Å². The zero-order valence-electron chi connectivity index (χ0n) is 14.3. The predicted molar refractivity (Wildman–Crippen MR) is 103 cm³/mol. The summed E-state index contributed by atoms with van der Waals surface area (Å²) < 4.78 is 0. The molecule has 126 valence electrons. The lowest BCUT2D eigenvalue weighted by atomic mass is 9.93. The zero-order valence-corrected chi connectivity index (χ0v) is 16.7. The van der Waals surface area contributed by atoms with Crippen LogP contribution in [-0.4, -0.2) is 54.5 Å². The summed E-state index contributed by atoms with van der Waals surface area (Å²) in [5.74, 6) is 1.45. The maximum Gasteiger partial charge on any atom is 0.191 e. The Balaban J connectivity index is 0.00000400. The first kappa shape index (κ1) is 21.0. The Bertz CT molecular complexity index is 280. The third-order valence-corrected chi connectivity index (χ3v) is 4.73. The van der Waals surface area contributed by atoms with Crippen molar-refractivity contribution in [2.24, 2.45) is 16.6 Å². The second-order valence-electron chi connectivity index (χ2n) is 5.76. The SMILES string of the molecule is CCC(CC)C(CN=C(N)N(CC)CC)N1CCCC1.I. The van der Waals surface area contributed by atoms with Gasteiger partial charge in [0.05, 0.1) is 6.54 Å². The van der Waals surface area contributed by atoms with E-state index in [1.807, 2.05) is 0 Å². The summed E-state index contributed by atoms with van der Waals surface area (Å²) in [6, 6.07) is 0.571. The molecule has 0 radical (unpaired) electrons. The molecule has 0 spiro atoms. The summed E-state index contributed by atoms with van der Waals surface area (Å²) in [4.78, 5) is 9.48. The minimum atomic E-state index is 0. The Hall–Kier alpha value is -0.0400. The number of halogens is 1. The van der Waals surface area contributed by atoms with Crippen LogP contribution in [0.3, 0.4) is 0 Å². The monoisotopic (exact) mass is 410 g/mol. The van der Waals surface area contributed by atoms with E-state index in [0.29, 0.717) is 12.0 Å². The Morgan fingerprint density at radius 2 is 1.62 bits per heavy atom. The summed E-state index contributed by atoms with van der Waals surface area (Å²) in [5, 5.41) is 0. The van der Waals surface area contributed by atoms with Crippen LogP contribution in [0, 0.1) is 5.92 Å². The average Bonchev–Trinajstić information content (AvgIpc) is 2.98. The molecule has 2 N–H and O–H groups in total. The number of aliphatic imine (C=N–C) groups is 1. The topological polar surface area (TPSA) is 44.9 Å². The van der Waals surface area contributed by atoms with E-state index >= 15 is 0 Å². The van der Waals surface area contributed by atoms with Crippen LogP contribution in [0.15, 0.2) is 4.99 Å². The molecule has 1 heterocycles. The maximum absolute atomic E-state index is 6.13. The molecule has 0 aromatic heterocycles. The highest BCUT2D eigenvalue weighted by atomic mass is 127. The van der Waals surface area contributed by atoms with E-state index in [-0.39, 0.29) is 24.0 Å². The Morgan fingerprint density at radius 1 is 1.10 bits per heavy atom. The van der Waals surface area contributed by atoms with Gasteiger partial charge in [-0.15, -0.1) is 24.0 Å². The van der Waals surface area contributed by atoms with E-state index < -0.39 is 0 Å². The first-order valence-corrected chi connectivity index (χ1v) is 8.46. The van der Waals surface area contributed by atoms with Crippen LogP contribution in [0.4, 0.5) is 0 Å². The summed E-state index contributed by atoms with van der Waals surface area (Å²) in [5.41, 5.74) is 6.13. The van der Waals surface area contributed by atoms with Crippen molar-refractivity contribution in [3.63, 3.8) is 0 Å². The fraction of sp³-hybridized carbons (Fsp3) is 0.938. The number of hydrogen-bond acceptors (Lipinski definition) is 2. The molecule has 21 heavy (non-hydrogen) atoms. The van der Waals surface area contributed by atoms with Gasteiger partial charge in [-0.25, -0.2) is 0 Å². The van der Waals surface area contributed by atoms with Crippen LogP contribution >= 0.6 is 24.0 Å². The summed E-state index contributed by atoms with van der Waals surface area (Å²) in [7, 11) is 0. The van der Waals surface area contributed by atoms with Crippen molar-refractivity contribution in [1.29, 1.82) is 0 Å². The van der Waals surface area contributed by atoms with Gasteiger partial charge in [0.25, 0.3) is 0 Å². The van der Waals surface area contributed by atoms with Crippen LogP contribution in [0.5, 0.6) is 0 Å². The molecule has 0 aromatic carbocycles. The second kappa shape index (κ2) is 11.5. The van der Waals surface area contributed by atoms with Gasteiger partial charge >= 0.3 is 0 Å². The lowest BCUT2D eigenvalue weighted by Gasteiger charge is -2.33. The highest BCUT2D eigenvalue weighted by Gasteiger charge is 2.27. The molecule has 0 saturated carbocycles. The van der Waals surface area contributed by atoms with Gasteiger partial charge in [0.2, 0.25) is 0 Å². The average molecular weight is 410 g/mol. The number of rotatable bonds is 8. The van der Waals surface area contributed by atoms with Gasteiger partial charge in [0.15, 0.2) is 5.96 Å². The molecule has 0 bridgehead atoms. The fourth-order valence-corrected chi connectivity index (χ4v) is 3.30. The molecule has 1 saturated heterocycles. The van der Waals surface area contributed by atoms with E-state index in [9.17, 15) is 0 Å². The molecule has 4 nitrogen and oxygen atoms in total. The summed E-state index contributed by atoms with van der Waals surface area (Å²) >= 11 is 0. The third kappa shape index (κ3) is 6.30. The minimum Gasteiger partial charge on any atom is -0.370 e. The number of hydrogen-bond donors (Lipinski definition) is 1. The molecule has 0 aliphatic carbocycles. The van der Waals surface area contributed by atoms with E-state index in [2.05, 4.69) is 37.5 Å². The molecule has 1 unspecified atom stereocenters.